The van der Waals surface area contributed by atoms with Gasteiger partial charge in [-0.1, -0.05) is 18.5 Å². The Morgan fingerprint density at radius 1 is 1.47 bits per heavy atom. The van der Waals surface area contributed by atoms with Crippen molar-refractivity contribution < 1.29 is 9.18 Å². The number of anilines is 1. The van der Waals surface area contributed by atoms with Crippen LogP contribution in [0.1, 0.15) is 23.7 Å². The maximum atomic E-state index is 12.9. The van der Waals surface area contributed by atoms with E-state index in [0.29, 0.717) is 12.4 Å². The highest BCUT2D eigenvalue weighted by atomic mass is 35.5. The number of carbonyl (C=O) groups excluding carboxylic acids is 1. The highest BCUT2D eigenvalue weighted by Gasteiger charge is 2.13. The second-order valence-corrected chi connectivity index (χ2v) is 4.43. The van der Waals surface area contributed by atoms with E-state index in [-0.39, 0.29) is 16.5 Å². The van der Waals surface area contributed by atoms with Crippen molar-refractivity contribution in [3.8, 4) is 0 Å². The second kappa shape index (κ2) is 5.84. The Labute approximate surface area is 115 Å². The van der Waals surface area contributed by atoms with E-state index in [1.54, 1.807) is 16.9 Å². The van der Waals surface area contributed by atoms with Gasteiger partial charge >= 0.3 is 0 Å². The van der Waals surface area contributed by atoms with Crippen molar-refractivity contribution in [2.75, 3.05) is 5.32 Å². The summed E-state index contributed by atoms with van der Waals surface area (Å²) >= 11 is 5.84. The summed E-state index contributed by atoms with van der Waals surface area (Å²) < 4.78 is 14.6. The number of carbonyl (C=O) groups is 1. The van der Waals surface area contributed by atoms with Crippen LogP contribution in [0.5, 0.6) is 0 Å². The number of benzene rings is 1. The topological polar surface area (TPSA) is 46.9 Å². The zero-order valence-corrected chi connectivity index (χ0v) is 11.1. The lowest BCUT2D eigenvalue weighted by molar-refractivity contribution is 0.102. The van der Waals surface area contributed by atoms with Crippen LogP contribution >= 0.6 is 11.6 Å². The third-order valence-electron chi connectivity index (χ3n) is 2.57. The van der Waals surface area contributed by atoms with Gasteiger partial charge in [0.1, 0.15) is 11.6 Å². The standard InChI is InChI=1S/C13H13ClFN3O/c1-2-7-18-12(5-6-16-18)17-13(19)10-4-3-9(15)8-11(10)14/h3-6,8H,2,7H2,1H3,(H,17,19). The monoisotopic (exact) mass is 281 g/mol. The van der Waals surface area contributed by atoms with Gasteiger partial charge in [-0.2, -0.15) is 5.10 Å². The summed E-state index contributed by atoms with van der Waals surface area (Å²) in [7, 11) is 0. The maximum Gasteiger partial charge on any atom is 0.258 e. The maximum absolute atomic E-state index is 12.9. The Bertz CT molecular complexity index is 597. The molecule has 100 valence electrons. The number of aryl methyl sites for hydroxylation is 1. The van der Waals surface area contributed by atoms with Gasteiger partial charge in [0.05, 0.1) is 16.8 Å². The van der Waals surface area contributed by atoms with Crippen molar-refractivity contribution in [2.24, 2.45) is 0 Å². The van der Waals surface area contributed by atoms with Crippen molar-refractivity contribution in [3.05, 3.63) is 46.9 Å². The molecule has 0 saturated heterocycles. The van der Waals surface area contributed by atoms with Crippen LogP contribution in [0.2, 0.25) is 5.02 Å². The molecular weight excluding hydrogens is 269 g/mol. The third kappa shape index (κ3) is 3.12. The zero-order chi connectivity index (χ0) is 13.8. The Morgan fingerprint density at radius 3 is 2.95 bits per heavy atom. The smallest absolute Gasteiger partial charge is 0.258 e. The normalized spacial score (nSPS) is 10.5. The van der Waals surface area contributed by atoms with Crippen molar-refractivity contribution in [2.45, 2.75) is 19.9 Å². The summed E-state index contributed by atoms with van der Waals surface area (Å²) in [5.41, 5.74) is 0.229. The largest absolute Gasteiger partial charge is 0.307 e. The molecule has 1 aromatic heterocycles. The fourth-order valence-electron chi connectivity index (χ4n) is 1.69. The molecule has 0 aliphatic carbocycles. The first-order valence-electron chi connectivity index (χ1n) is 5.90. The van der Waals surface area contributed by atoms with Gasteiger partial charge in [0.2, 0.25) is 0 Å². The summed E-state index contributed by atoms with van der Waals surface area (Å²) in [5, 5.41) is 6.89. The average molecular weight is 282 g/mol. The van der Waals surface area contributed by atoms with Crippen LogP contribution in [-0.4, -0.2) is 15.7 Å². The van der Waals surface area contributed by atoms with E-state index in [0.717, 1.165) is 12.5 Å². The number of nitrogens with zero attached hydrogens (tertiary/aromatic N) is 2. The minimum absolute atomic E-state index is 0.0825. The molecule has 1 amide bonds. The van der Waals surface area contributed by atoms with Crippen LogP contribution in [0.25, 0.3) is 0 Å². The van der Waals surface area contributed by atoms with Crippen LogP contribution < -0.4 is 5.32 Å². The molecular formula is C13H13ClFN3O. The van der Waals surface area contributed by atoms with Gasteiger partial charge < -0.3 is 5.32 Å². The summed E-state index contributed by atoms with van der Waals surface area (Å²) in [4.78, 5) is 12.0. The first kappa shape index (κ1) is 13.5. The molecule has 1 heterocycles. The Balaban J connectivity index is 2.18. The van der Waals surface area contributed by atoms with E-state index in [1.807, 2.05) is 6.92 Å². The molecule has 0 unspecified atom stereocenters. The van der Waals surface area contributed by atoms with Crippen LogP contribution in [-0.2, 0) is 6.54 Å². The molecule has 0 saturated carbocycles. The highest BCUT2D eigenvalue weighted by molar-refractivity contribution is 6.34. The van der Waals surface area contributed by atoms with Gasteiger partial charge in [-0.25, -0.2) is 9.07 Å². The van der Waals surface area contributed by atoms with Crippen LogP contribution in [0.15, 0.2) is 30.5 Å². The zero-order valence-electron chi connectivity index (χ0n) is 10.4. The van der Waals surface area contributed by atoms with Crippen molar-refractivity contribution in [1.29, 1.82) is 0 Å². The van der Waals surface area contributed by atoms with Crippen molar-refractivity contribution >= 4 is 23.3 Å². The predicted octanol–water partition coefficient (Wildman–Crippen LogP) is 3.34. The van der Waals surface area contributed by atoms with E-state index in [2.05, 4.69) is 10.4 Å². The van der Waals surface area contributed by atoms with E-state index < -0.39 is 5.82 Å². The van der Waals surface area contributed by atoms with Gasteiger partial charge in [0, 0.05) is 12.6 Å². The molecule has 0 atom stereocenters. The molecule has 4 nitrogen and oxygen atoms in total. The molecule has 0 aliphatic rings. The van der Waals surface area contributed by atoms with Crippen LogP contribution in [0.3, 0.4) is 0 Å². The van der Waals surface area contributed by atoms with Gasteiger partial charge in [0.25, 0.3) is 5.91 Å². The second-order valence-electron chi connectivity index (χ2n) is 4.02. The minimum atomic E-state index is -0.474. The molecule has 0 aliphatic heterocycles. The van der Waals surface area contributed by atoms with Crippen molar-refractivity contribution in [3.63, 3.8) is 0 Å². The third-order valence-corrected chi connectivity index (χ3v) is 2.88. The fourth-order valence-corrected chi connectivity index (χ4v) is 1.94. The summed E-state index contributed by atoms with van der Waals surface area (Å²) in [5.74, 6) is -0.271. The van der Waals surface area contributed by atoms with E-state index in [4.69, 9.17) is 11.6 Å². The van der Waals surface area contributed by atoms with Crippen LogP contribution in [0, 0.1) is 5.82 Å². The molecule has 2 aromatic rings. The molecule has 19 heavy (non-hydrogen) atoms. The van der Waals surface area contributed by atoms with Gasteiger partial charge in [-0.3, -0.25) is 4.79 Å². The fraction of sp³-hybridized carbons (Fsp3) is 0.231. The van der Waals surface area contributed by atoms with Crippen LogP contribution in [0.4, 0.5) is 10.2 Å². The first-order chi connectivity index (χ1) is 9.11. The van der Waals surface area contributed by atoms with Gasteiger partial charge in [-0.15, -0.1) is 0 Å². The lowest BCUT2D eigenvalue weighted by atomic mass is 10.2. The lowest BCUT2D eigenvalue weighted by Gasteiger charge is -2.09. The lowest BCUT2D eigenvalue weighted by Crippen LogP contribution is -2.16. The number of nitrogens with one attached hydrogen (secondary N) is 1. The van der Waals surface area contributed by atoms with E-state index in [1.165, 1.54) is 12.1 Å². The predicted molar refractivity (Wildman–Crippen MR) is 71.9 cm³/mol. The number of hydrogen-bond donors (Lipinski definition) is 1. The molecule has 6 heteroatoms. The van der Waals surface area contributed by atoms with Gasteiger partial charge in [0.15, 0.2) is 0 Å². The van der Waals surface area contributed by atoms with E-state index >= 15 is 0 Å². The highest BCUT2D eigenvalue weighted by Crippen LogP contribution is 2.19. The van der Waals surface area contributed by atoms with Crippen molar-refractivity contribution in [1.82, 2.24) is 9.78 Å². The Morgan fingerprint density at radius 2 is 2.26 bits per heavy atom. The Kier molecular flexibility index (Phi) is 4.16. The number of rotatable bonds is 4. The minimum Gasteiger partial charge on any atom is -0.307 e. The summed E-state index contributed by atoms with van der Waals surface area (Å²) in [6.45, 7) is 2.73. The molecule has 1 N–H and O–H groups in total. The Hall–Kier alpha value is -1.88. The summed E-state index contributed by atoms with van der Waals surface area (Å²) in [6.07, 6.45) is 2.51. The molecule has 2 rings (SSSR count). The molecule has 0 bridgehead atoms. The quantitative estimate of drug-likeness (QED) is 0.934. The first-order valence-corrected chi connectivity index (χ1v) is 6.28. The molecule has 0 radical (unpaired) electrons. The average Bonchev–Trinajstić information content (AvgIpc) is 2.77. The molecule has 0 spiro atoms. The SMILES string of the molecule is CCCn1nccc1NC(=O)c1ccc(F)cc1Cl. The number of hydrogen-bond acceptors (Lipinski definition) is 2. The van der Waals surface area contributed by atoms with E-state index in [9.17, 15) is 9.18 Å². The number of amides is 1. The number of halogens is 2. The van der Waals surface area contributed by atoms with Gasteiger partial charge in [-0.05, 0) is 24.6 Å². The number of aromatic nitrogens is 2. The molecule has 1 aromatic carbocycles. The molecule has 0 fully saturated rings. The summed E-state index contributed by atoms with van der Waals surface area (Å²) in [6, 6.07) is 5.36.